The number of pyridine rings is 2. The molecule has 0 radical (unpaired) electrons. The van der Waals surface area contributed by atoms with Crippen LogP contribution in [0.25, 0.3) is 22.5 Å². The number of benzene rings is 1. The molecule has 0 saturated heterocycles. The Morgan fingerprint density at radius 2 is 2.00 bits per heavy atom. The molecule has 0 amide bonds. The van der Waals surface area contributed by atoms with E-state index < -0.39 is 0 Å². The molecule has 3 heterocycles. The number of nitrogens with one attached hydrogen (secondary N) is 1. The van der Waals surface area contributed by atoms with E-state index in [1.54, 1.807) is 13.3 Å². The first-order valence-corrected chi connectivity index (χ1v) is 9.06. The predicted octanol–water partition coefficient (Wildman–Crippen LogP) is 4.23. The van der Waals surface area contributed by atoms with Gasteiger partial charge in [-0.1, -0.05) is 17.3 Å². The number of nitrogens with zero attached hydrogens (tertiary/aromatic N) is 4. The molecule has 0 saturated carbocycles. The first-order chi connectivity index (χ1) is 13.6. The molecule has 0 fully saturated rings. The SMILES string of the molecule is COCCc1noc(-c2cnc3nc(C)ccc3c2Nc2cccc(C)c2)n1. The van der Waals surface area contributed by atoms with Gasteiger partial charge in [0.1, 0.15) is 0 Å². The molecule has 1 N–H and O–H groups in total. The molecule has 0 atom stereocenters. The van der Waals surface area contributed by atoms with Crippen molar-refractivity contribution in [1.82, 2.24) is 20.1 Å². The van der Waals surface area contributed by atoms with Gasteiger partial charge in [0, 0.05) is 36.5 Å². The minimum atomic E-state index is 0.413. The van der Waals surface area contributed by atoms with Gasteiger partial charge in [0.15, 0.2) is 11.5 Å². The summed E-state index contributed by atoms with van der Waals surface area (Å²) in [5, 5.41) is 8.43. The van der Waals surface area contributed by atoms with E-state index in [9.17, 15) is 0 Å². The van der Waals surface area contributed by atoms with E-state index in [1.807, 2.05) is 31.2 Å². The lowest BCUT2D eigenvalue weighted by atomic mass is 10.1. The Labute approximate surface area is 162 Å². The summed E-state index contributed by atoms with van der Waals surface area (Å²) in [6.07, 6.45) is 2.31. The molecule has 7 heteroatoms. The van der Waals surface area contributed by atoms with Crippen LogP contribution in [0.5, 0.6) is 0 Å². The number of aromatic nitrogens is 4. The van der Waals surface area contributed by atoms with Crippen molar-refractivity contribution in [3.8, 4) is 11.5 Å². The highest BCUT2D eigenvalue weighted by Crippen LogP contribution is 2.34. The Hall–Kier alpha value is -3.32. The molecule has 4 rings (SSSR count). The molecule has 28 heavy (non-hydrogen) atoms. The second-order valence-corrected chi connectivity index (χ2v) is 6.62. The molecule has 0 unspecified atom stereocenters. The standard InChI is InChI=1S/C21H21N5O2/c1-13-5-4-6-15(11-13)24-19-16-8-7-14(2)23-20(16)22-12-17(19)21-25-18(26-28-21)9-10-27-3/h4-8,11-12H,9-10H2,1-3H3,(H,22,23,24). The van der Waals surface area contributed by atoms with Crippen LogP contribution in [0.3, 0.4) is 0 Å². The zero-order valence-corrected chi connectivity index (χ0v) is 16.1. The molecule has 3 aromatic heterocycles. The minimum absolute atomic E-state index is 0.413. The Balaban J connectivity index is 1.83. The second kappa shape index (κ2) is 7.74. The van der Waals surface area contributed by atoms with Gasteiger partial charge >= 0.3 is 0 Å². The highest BCUT2D eigenvalue weighted by Gasteiger charge is 2.17. The molecule has 0 aliphatic carbocycles. The Morgan fingerprint density at radius 1 is 1.11 bits per heavy atom. The van der Waals surface area contributed by atoms with Crippen molar-refractivity contribution in [2.24, 2.45) is 0 Å². The number of anilines is 2. The zero-order chi connectivity index (χ0) is 19.5. The summed E-state index contributed by atoms with van der Waals surface area (Å²) in [5.41, 5.74) is 5.28. The van der Waals surface area contributed by atoms with Gasteiger partial charge < -0.3 is 14.6 Å². The van der Waals surface area contributed by atoms with Crippen molar-refractivity contribution in [3.05, 3.63) is 59.7 Å². The van der Waals surface area contributed by atoms with E-state index in [1.165, 1.54) is 5.56 Å². The molecule has 4 aromatic rings. The average Bonchev–Trinajstić information content (AvgIpc) is 3.15. The number of ether oxygens (including phenoxy) is 1. The smallest absolute Gasteiger partial charge is 0.261 e. The maximum absolute atomic E-state index is 5.51. The fourth-order valence-corrected chi connectivity index (χ4v) is 2.99. The van der Waals surface area contributed by atoms with Gasteiger partial charge in [0.05, 0.1) is 17.9 Å². The van der Waals surface area contributed by atoms with Crippen molar-refractivity contribution in [3.63, 3.8) is 0 Å². The monoisotopic (exact) mass is 375 g/mol. The lowest BCUT2D eigenvalue weighted by Crippen LogP contribution is -1.99. The van der Waals surface area contributed by atoms with Crippen molar-refractivity contribution in [1.29, 1.82) is 0 Å². The van der Waals surface area contributed by atoms with Crippen LogP contribution in [0.4, 0.5) is 11.4 Å². The van der Waals surface area contributed by atoms with Gasteiger partial charge in [0.25, 0.3) is 5.89 Å². The number of hydrogen-bond acceptors (Lipinski definition) is 7. The fraction of sp³-hybridized carbons (Fsp3) is 0.238. The van der Waals surface area contributed by atoms with E-state index in [-0.39, 0.29) is 0 Å². The topological polar surface area (TPSA) is 86.0 Å². The number of rotatable bonds is 6. The molecule has 0 aliphatic rings. The number of methoxy groups -OCH3 is 1. The molecule has 1 aromatic carbocycles. The predicted molar refractivity (Wildman–Crippen MR) is 108 cm³/mol. The molecular formula is C21H21N5O2. The summed E-state index contributed by atoms with van der Waals surface area (Å²) in [6, 6.07) is 12.1. The van der Waals surface area contributed by atoms with Crippen LogP contribution in [0.2, 0.25) is 0 Å². The lowest BCUT2D eigenvalue weighted by Gasteiger charge is -2.13. The summed E-state index contributed by atoms with van der Waals surface area (Å²) in [4.78, 5) is 13.6. The molecule has 7 nitrogen and oxygen atoms in total. The molecular weight excluding hydrogens is 354 g/mol. The third-order valence-corrected chi connectivity index (χ3v) is 4.38. The minimum Gasteiger partial charge on any atom is -0.384 e. The van der Waals surface area contributed by atoms with Crippen LogP contribution in [0.1, 0.15) is 17.1 Å². The lowest BCUT2D eigenvalue weighted by molar-refractivity contribution is 0.199. The molecule has 0 bridgehead atoms. The van der Waals surface area contributed by atoms with Crippen molar-refractivity contribution < 1.29 is 9.26 Å². The summed E-state index contributed by atoms with van der Waals surface area (Å²) < 4.78 is 10.6. The Morgan fingerprint density at radius 3 is 2.82 bits per heavy atom. The summed E-state index contributed by atoms with van der Waals surface area (Å²) in [6.45, 7) is 4.54. The van der Waals surface area contributed by atoms with Crippen molar-refractivity contribution >= 4 is 22.4 Å². The van der Waals surface area contributed by atoms with Crippen LogP contribution in [0.15, 0.2) is 47.1 Å². The maximum atomic E-state index is 5.51. The number of fused-ring (bicyclic) bond motifs is 1. The number of hydrogen-bond donors (Lipinski definition) is 1. The molecule has 0 aliphatic heterocycles. The first kappa shape index (κ1) is 18.1. The van der Waals surface area contributed by atoms with E-state index >= 15 is 0 Å². The van der Waals surface area contributed by atoms with Crippen molar-refractivity contribution in [2.75, 3.05) is 19.0 Å². The molecule has 142 valence electrons. The summed E-state index contributed by atoms with van der Waals surface area (Å²) >= 11 is 0. The van der Waals surface area contributed by atoms with Crippen LogP contribution >= 0.6 is 0 Å². The van der Waals surface area contributed by atoms with Gasteiger partial charge in [-0.05, 0) is 43.7 Å². The molecule has 0 spiro atoms. The van der Waals surface area contributed by atoms with Crippen LogP contribution in [-0.2, 0) is 11.2 Å². The van der Waals surface area contributed by atoms with E-state index in [0.29, 0.717) is 30.4 Å². The average molecular weight is 375 g/mol. The van der Waals surface area contributed by atoms with E-state index in [4.69, 9.17) is 9.26 Å². The van der Waals surface area contributed by atoms with Crippen LogP contribution in [-0.4, -0.2) is 33.8 Å². The third kappa shape index (κ3) is 3.70. The van der Waals surface area contributed by atoms with Crippen molar-refractivity contribution in [2.45, 2.75) is 20.3 Å². The third-order valence-electron chi connectivity index (χ3n) is 4.38. The van der Waals surface area contributed by atoms with E-state index in [2.05, 4.69) is 44.5 Å². The number of aryl methyl sites for hydroxylation is 2. The Bertz CT molecular complexity index is 1120. The van der Waals surface area contributed by atoms with Gasteiger partial charge in [-0.15, -0.1) is 0 Å². The zero-order valence-electron chi connectivity index (χ0n) is 16.1. The maximum Gasteiger partial charge on any atom is 0.261 e. The highest BCUT2D eigenvalue weighted by atomic mass is 16.5. The van der Waals surface area contributed by atoms with Gasteiger partial charge in [-0.2, -0.15) is 4.98 Å². The first-order valence-electron chi connectivity index (χ1n) is 9.06. The van der Waals surface area contributed by atoms with Gasteiger partial charge in [-0.3, -0.25) is 0 Å². The quantitative estimate of drug-likeness (QED) is 0.540. The summed E-state index contributed by atoms with van der Waals surface area (Å²) in [5.74, 6) is 1.01. The highest BCUT2D eigenvalue weighted by molar-refractivity contribution is 5.98. The van der Waals surface area contributed by atoms with Gasteiger partial charge in [0.2, 0.25) is 0 Å². The van der Waals surface area contributed by atoms with Crippen LogP contribution < -0.4 is 5.32 Å². The largest absolute Gasteiger partial charge is 0.384 e. The second-order valence-electron chi connectivity index (χ2n) is 6.62. The van der Waals surface area contributed by atoms with E-state index in [0.717, 1.165) is 28.0 Å². The van der Waals surface area contributed by atoms with Crippen LogP contribution in [0, 0.1) is 13.8 Å². The summed E-state index contributed by atoms with van der Waals surface area (Å²) in [7, 11) is 1.65. The fourth-order valence-electron chi connectivity index (χ4n) is 2.99. The normalized spacial score (nSPS) is 11.1. The van der Waals surface area contributed by atoms with Gasteiger partial charge in [-0.25, -0.2) is 9.97 Å². The Kier molecular flexibility index (Phi) is 4.99.